The van der Waals surface area contributed by atoms with E-state index in [1.807, 2.05) is 0 Å². The fraction of sp³-hybridized carbons (Fsp3) is 0.222. The molecule has 0 fully saturated rings. The summed E-state index contributed by atoms with van der Waals surface area (Å²) < 4.78 is 4.87. The molecule has 1 rings (SSSR count). The van der Waals surface area contributed by atoms with E-state index in [0.29, 0.717) is 5.57 Å². The van der Waals surface area contributed by atoms with E-state index < -0.39 is 4.92 Å². The third kappa shape index (κ3) is 1.71. The van der Waals surface area contributed by atoms with Crippen LogP contribution in [-0.2, 0) is 0 Å². The molecule has 0 unspecified atom stereocenters. The van der Waals surface area contributed by atoms with Crippen LogP contribution in [0.5, 0.6) is 5.75 Å². The maximum Gasteiger partial charge on any atom is 0.336 e. The first kappa shape index (κ1) is 10.2. The largest absolute Gasteiger partial charge is 0.490 e. The van der Waals surface area contributed by atoms with Crippen molar-refractivity contribution in [3.63, 3.8) is 0 Å². The number of ether oxygens (including phenoxy) is 1. The molecule has 0 N–H and O–H groups in total. The second-order valence-corrected chi connectivity index (χ2v) is 2.75. The van der Waals surface area contributed by atoms with Crippen molar-refractivity contribution in [3.05, 3.63) is 34.7 Å². The average molecular weight is 194 g/mol. The van der Waals surface area contributed by atoms with Gasteiger partial charge in [0.2, 0.25) is 5.75 Å². The van der Waals surface area contributed by atoms with Crippen LogP contribution in [0.25, 0.3) is 5.57 Å². The van der Waals surface area contributed by atoms with Gasteiger partial charge in [-0.15, -0.1) is 0 Å². The van der Waals surface area contributed by atoms with Crippen LogP contribution in [0, 0.1) is 10.1 Å². The van der Waals surface area contributed by atoms with Crippen molar-refractivity contribution >= 4 is 11.3 Å². The Balaban J connectivity index is 3.43. The highest BCUT2D eigenvalue weighted by Crippen LogP contribution is 2.31. The fourth-order valence-electron chi connectivity index (χ4n) is 1.09. The minimum Gasteiger partial charge on any atom is -0.490 e. The summed E-state index contributed by atoms with van der Waals surface area (Å²) >= 11 is 0. The van der Waals surface area contributed by atoms with Crippen LogP contribution in [0.15, 0.2) is 18.8 Å². The maximum absolute atomic E-state index is 10.8. The monoisotopic (exact) mass is 194 g/mol. The summed E-state index contributed by atoms with van der Waals surface area (Å²) in [5, 5.41) is 10.8. The highest BCUT2D eigenvalue weighted by molar-refractivity contribution is 5.70. The van der Waals surface area contributed by atoms with Crippen molar-refractivity contribution in [3.8, 4) is 5.75 Å². The molecule has 5 heteroatoms. The Bertz CT molecular complexity index is 388. The fourth-order valence-corrected chi connectivity index (χ4v) is 1.09. The summed E-state index contributed by atoms with van der Waals surface area (Å²) in [6.45, 7) is 5.28. The van der Waals surface area contributed by atoms with Gasteiger partial charge in [-0.3, -0.25) is 10.1 Å². The molecule has 0 saturated carbocycles. The average Bonchev–Trinajstić information content (AvgIpc) is 2.16. The number of hydrogen-bond acceptors (Lipinski definition) is 4. The van der Waals surface area contributed by atoms with Crippen molar-refractivity contribution in [1.82, 2.24) is 4.98 Å². The number of aromatic nitrogens is 1. The van der Waals surface area contributed by atoms with Crippen molar-refractivity contribution in [2.24, 2.45) is 0 Å². The summed E-state index contributed by atoms with van der Waals surface area (Å²) in [4.78, 5) is 14.1. The third-order valence-electron chi connectivity index (χ3n) is 1.69. The summed E-state index contributed by atoms with van der Waals surface area (Å²) in [5.74, 6) is 0.197. The first-order chi connectivity index (χ1) is 6.57. The van der Waals surface area contributed by atoms with E-state index in [1.165, 1.54) is 19.4 Å². The topological polar surface area (TPSA) is 65.3 Å². The van der Waals surface area contributed by atoms with E-state index in [9.17, 15) is 10.1 Å². The molecular weight excluding hydrogens is 184 g/mol. The van der Waals surface area contributed by atoms with E-state index in [1.54, 1.807) is 6.92 Å². The standard InChI is InChI=1S/C9H10N2O3/c1-6(2)8-9(11(12)13)7(14-3)4-5-10-8/h4-5H,1H2,2-3H3. The van der Waals surface area contributed by atoms with Crippen molar-refractivity contribution < 1.29 is 9.66 Å². The van der Waals surface area contributed by atoms with E-state index in [4.69, 9.17) is 4.74 Å². The zero-order valence-electron chi connectivity index (χ0n) is 7.98. The van der Waals surface area contributed by atoms with E-state index in [0.717, 1.165) is 0 Å². The zero-order chi connectivity index (χ0) is 10.7. The van der Waals surface area contributed by atoms with Gasteiger partial charge >= 0.3 is 5.69 Å². The van der Waals surface area contributed by atoms with E-state index in [2.05, 4.69) is 11.6 Å². The molecule has 0 aliphatic heterocycles. The molecule has 1 heterocycles. The van der Waals surface area contributed by atoms with Crippen molar-refractivity contribution in [2.75, 3.05) is 7.11 Å². The number of nitrogens with zero attached hydrogens (tertiary/aromatic N) is 2. The van der Waals surface area contributed by atoms with Crippen LogP contribution in [0.1, 0.15) is 12.6 Å². The summed E-state index contributed by atoms with van der Waals surface area (Å²) in [6, 6.07) is 1.45. The van der Waals surface area contributed by atoms with Gasteiger partial charge in [0.15, 0.2) is 0 Å². The van der Waals surface area contributed by atoms with Crippen molar-refractivity contribution in [2.45, 2.75) is 6.92 Å². The molecule has 0 saturated heterocycles. The second-order valence-electron chi connectivity index (χ2n) is 2.75. The number of hydrogen-bond donors (Lipinski definition) is 0. The van der Waals surface area contributed by atoms with Gasteiger partial charge in [0.1, 0.15) is 5.69 Å². The van der Waals surface area contributed by atoms with Crippen LogP contribution < -0.4 is 4.74 Å². The molecule has 0 bridgehead atoms. The lowest BCUT2D eigenvalue weighted by molar-refractivity contribution is -0.386. The SMILES string of the molecule is C=C(C)c1nccc(OC)c1[N+](=O)[O-]. The first-order valence-electron chi connectivity index (χ1n) is 3.91. The quantitative estimate of drug-likeness (QED) is 0.545. The van der Waals surface area contributed by atoms with Gasteiger partial charge in [0.05, 0.1) is 12.0 Å². The predicted molar refractivity (Wildman–Crippen MR) is 52.2 cm³/mol. The molecule has 0 aromatic carbocycles. The van der Waals surface area contributed by atoms with Crippen LogP contribution in [0.2, 0.25) is 0 Å². The number of rotatable bonds is 3. The Labute approximate surface area is 81.2 Å². The molecule has 5 nitrogen and oxygen atoms in total. The highest BCUT2D eigenvalue weighted by atomic mass is 16.6. The number of allylic oxidation sites excluding steroid dienone is 1. The van der Waals surface area contributed by atoms with Crippen LogP contribution in [0.4, 0.5) is 5.69 Å². The van der Waals surface area contributed by atoms with E-state index >= 15 is 0 Å². The van der Waals surface area contributed by atoms with Crippen molar-refractivity contribution in [1.29, 1.82) is 0 Å². The maximum atomic E-state index is 10.8. The Kier molecular flexibility index (Phi) is 2.81. The summed E-state index contributed by atoms with van der Waals surface area (Å²) in [5.41, 5.74) is 0.660. The first-order valence-corrected chi connectivity index (χ1v) is 3.91. The summed E-state index contributed by atoms with van der Waals surface area (Å²) in [7, 11) is 1.38. The van der Waals surface area contributed by atoms with Gasteiger partial charge in [0, 0.05) is 12.3 Å². The van der Waals surface area contributed by atoms with Gasteiger partial charge < -0.3 is 4.74 Å². The summed E-state index contributed by atoms with van der Waals surface area (Å²) in [6.07, 6.45) is 1.45. The van der Waals surface area contributed by atoms with E-state index in [-0.39, 0.29) is 17.1 Å². The number of pyridine rings is 1. The Hall–Kier alpha value is -1.91. The van der Waals surface area contributed by atoms with Crippen LogP contribution in [0.3, 0.4) is 0 Å². The highest BCUT2D eigenvalue weighted by Gasteiger charge is 2.21. The lowest BCUT2D eigenvalue weighted by Crippen LogP contribution is -1.99. The minimum absolute atomic E-state index is 0.137. The van der Waals surface area contributed by atoms with Gasteiger partial charge in [-0.2, -0.15) is 0 Å². The Morgan fingerprint density at radius 3 is 2.79 bits per heavy atom. The molecule has 0 spiro atoms. The van der Waals surface area contributed by atoms with Crippen LogP contribution >= 0.6 is 0 Å². The van der Waals surface area contributed by atoms with Gasteiger partial charge in [-0.25, -0.2) is 4.98 Å². The number of nitro groups is 1. The molecule has 0 atom stereocenters. The predicted octanol–water partition coefficient (Wildman–Crippen LogP) is 2.03. The Morgan fingerprint density at radius 2 is 2.36 bits per heavy atom. The molecule has 1 aromatic rings. The lowest BCUT2D eigenvalue weighted by atomic mass is 10.2. The molecular formula is C9H10N2O3. The zero-order valence-corrected chi connectivity index (χ0v) is 7.98. The molecule has 14 heavy (non-hydrogen) atoms. The second kappa shape index (κ2) is 3.87. The van der Waals surface area contributed by atoms with Gasteiger partial charge in [0.25, 0.3) is 0 Å². The van der Waals surface area contributed by atoms with Gasteiger partial charge in [-0.05, 0) is 12.5 Å². The molecule has 0 aliphatic carbocycles. The smallest absolute Gasteiger partial charge is 0.336 e. The molecule has 0 aliphatic rings. The van der Waals surface area contributed by atoms with Gasteiger partial charge in [-0.1, -0.05) is 6.58 Å². The molecule has 0 radical (unpaired) electrons. The minimum atomic E-state index is -0.518. The third-order valence-corrected chi connectivity index (χ3v) is 1.69. The lowest BCUT2D eigenvalue weighted by Gasteiger charge is -2.04. The molecule has 74 valence electrons. The number of methoxy groups -OCH3 is 1. The van der Waals surface area contributed by atoms with Crippen LogP contribution in [-0.4, -0.2) is 17.0 Å². The normalized spacial score (nSPS) is 9.57. The molecule has 1 aromatic heterocycles. The molecule has 0 amide bonds. The Morgan fingerprint density at radius 1 is 1.71 bits per heavy atom.